The van der Waals surface area contributed by atoms with Crippen LogP contribution in [-0.2, 0) is 19.6 Å². The van der Waals surface area contributed by atoms with Crippen molar-refractivity contribution < 1.29 is 4.74 Å². The van der Waals surface area contributed by atoms with Crippen molar-refractivity contribution in [1.82, 2.24) is 19.8 Å². The van der Waals surface area contributed by atoms with Gasteiger partial charge in [-0.15, -0.1) is 0 Å². The van der Waals surface area contributed by atoms with Crippen LogP contribution < -0.4 is 10.1 Å². The highest BCUT2D eigenvalue weighted by Crippen LogP contribution is 2.13. The van der Waals surface area contributed by atoms with Crippen LogP contribution in [0.2, 0.25) is 0 Å². The molecule has 0 aliphatic heterocycles. The quantitative estimate of drug-likeness (QED) is 0.457. The molecule has 0 aliphatic rings. The van der Waals surface area contributed by atoms with Crippen LogP contribution in [0.1, 0.15) is 29.4 Å². The smallest absolute Gasteiger partial charge is 0.193 e. The van der Waals surface area contributed by atoms with Gasteiger partial charge < -0.3 is 19.5 Å². The van der Waals surface area contributed by atoms with E-state index in [0.29, 0.717) is 6.61 Å². The Balaban J connectivity index is 1.57. The van der Waals surface area contributed by atoms with E-state index in [1.54, 1.807) is 0 Å². The fourth-order valence-electron chi connectivity index (χ4n) is 3.38. The van der Waals surface area contributed by atoms with Gasteiger partial charge in [0, 0.05) is 46.1 Å². The number of aromatic nitrogens is 2. The Hall–Kier alpha value is -3.28. The zero-order valence-electron chi connectivity index (χ0n) is 18.3. The van der Waals surface area contributed by atoms with Crippen molar-refractivity contribution >= 4 is 5.96 Å². The Morgan fingerprint density at radius 3 is 2.57 bits per heavy atom. The highest BCUT2D eigenvalue weighted by molar-refractivity contribution is 5.79. The van der Waals surface area contributed by atoms with Gasteiger partial charge in [0.2, 0.25) is 0 Å². The minimum absolute atomic E-state index is 0.680. The zero-order valence-corrected chi connectivity index (χ0v) is 18.3. The normalized spacial score (nSPS) is 11.4. The van der Waals surface area contributed by atoms with Gasteiger partial charge in [-0.05, 0) is 42.7 Å². The lowest BCUT2D eigenvalue weighted by Gasteiger charge is -2.22. The molecule has 0 aliphatic carbocycles. The van der Waals surface area contributed by atoms with Crippen LogP contribution in [0.15, 0.2) is 65.9 Å². The lowest BCUT2D eigenvalue weighted by molar-refractivity contribution is 0.340. The minimum Gasteiger partial charge on any atom is -0.494 e. The second-order valence-electron chi connectivity index (χ2n) is 7.26. The summed E-state index contributed by atoms with van der Waals surface area (Å²) in [5.41, 5.74) is 3.69. The predicted octanol–water partition coefficient (Wildman–Crippen LogP) is 3.85. The summed E-state index contributed by atoms with van der Waals surface area (Å²) >= 11 is 0. The molecule has 1 N–H and O–H groups in total. The van der Waals surface area contributed by atoms with Crippen LogP contribution in [-0.4, -0.2) is 41.1 Å². The van der Waals surface area contributed by atoms with Crippen molar-refractivity contribution in [1.29, 1.82) is 0 Å². The standard InChI is InChI=1S/C24H31N5O/c1-5-30-23-11-9-20(10-12-23)17-28(4)24(25-3)27-16-21-7-6-8-22(15-21)18-29-14-13-26-19(29)2/h6-15H,5,16-18H2,1-4H3,(H,25,27). The first-order valence-electron chi connectivity index (χ1n) is 10.3. The molecular formula is C24H31N5O. The molecule has 1 heterocycles. The summed E-state index contributed by atoms with van der Waals surface area (Å²) in [6.45, 7) is 7.01. The van der Waals surface area contributed by atoms with Gasteiger partial charge in [0.1, 0.15) is 11.6 Å². The number of benzene rings is 2. The van der Waals surface area contributed by atoms with E-state index < -0.39 is 0 Å². The summed E-state index contributed by atoms with van der Waals surface area (Å²) < 4.78 is 7.67. The maximum Gasteiger partial charge on any atom is 0.193 e. The molecule has 3 aromatic rings. The number of guanidine groups is 1. The lowest BCUT2D eigenvalue weighted by Crippen LogP contribution is -2.38. The number of hydrogen-bond acceptors (Lipinski definition) is 3. The highest BCUT2D eigenvalue weighted by atomic mass is 16.5. The summed E-state index contributed by atoms with van der Waals surface area (Å²) in [5, 5.41) is 3.47. The van der Waals surface area contributed by atoms with Crippen LogP contribution in [0.5, 0.6) is 5.75 Å². The van der Waals surface area contributed by atoms with Crippen molar-refractivity contribution in [3.05, 3.63) is 83.4 Å². The van der Waals surface area contributed by atoms with E-state index in [1.807, 2.05) is 52.5 Å². The van der Waals surface area contributed by atoms with Gasteiger partial charge in [0.15, 0.2) is 5.96 Å². The van der Waals surface area contributed by atoms with E-state index in [-0.39, 0.29) is 0 Å². The third-order valence-corrected chi connectivity index (χ3v) is 4.95. The maximum atomic E-state index is 5.52. The number of hydrogen-bond donors (Lipinski definition) is 1. The Kier molecular flexibility index (Phi) is 7.49. The molecule has 6 nitrogen and oxygen atoms in total. The molecule has 0 radical (unpaired) electrons. The fraction of sp³-hybridized carbons (Fsp3) is 0.333. The van der Waals surface area contributed by atoms with Gasteiger partial charge in [-0.3, -0.25) is 4.99 Å². The predicted molar refractivity (Wildman–Crippen MR) is 122 cm³/mol. The van der Waals surface area contributed by atoms with Gasteiger partial charge in [-0.2, -0.15) is 0 Å². The molecule has 158 valence electrons. The summed E-state index contributed by atoms with van der Waals surface area (Å²) in [4.78, 5) is 10.9. The molecule has 2 aromatic carbocycles. The van der Waals surface area contributed by atoms with Crippen LogP contribution in [0.4, 0.5) is 0 Å². The third-order valence-electron chi connectivity index (χ3n) is 4.95. The molecule has 0 bridgehead atoms. The topological polar surface area (TPSA) is 54.7 Å². The molecule has 6 heteroatoms. The maximum absolute atomic E-state index is 5.52. The van der Waals surface area contributed by atoms with E-state index in [1.165, 1.54) is 16.7 Å². The summed E-state index contributed by atoms with van der Waals surface area (Å²) in [6.07, 6.45) is 3.85. The van der Waals surface area contributed by atoms with E-state index in [0.717, 1.165) is 37.2 Å². The number of aliphatic imine (C=N–C) groups is 1. The number of nitrogens with zero attached hydrogens (tertiary/aromatic N) is 4. The molecular weight excluding hydrogens is 374 g/mol. The summed E-state index contributed by atoms with van der Waals surface area (Å²) in [7, 11) is 3.86. The molecule has 0 amide bonds. The SMILES string of the molecule is CCOc1ccc(CN(C)C(=NC)NCc2cccc(Cn3ccnc3C)c2)cc1. The molecule has 0 saturated carbocycles. The van der Waals surface area contributed by atoms with Crippen molar-refractivity contribution in [2.75, 3.05) is 20.7 Å². The number of aryl methyl sites for hydroxylation is 1. The molecule has 1 aromatic heterocycles. The minimum atomic E-state index is 0.680. The monoisotopic (exact) mass is 405 g/mol. The van der Waals surface area contributed by atoms with E-state index in [2.05, 4.69) is 61.2 Å². The van der Waals surface area contributed by atoms with Crippen LogP contribution in [0, 0.1) is 6.92 Å². The molecule has 0 spiro atoms. The van der Waals surface area contributed by atoms with Crippen molar-refractivity contribution in [3.8, 4) is 5.75 Å². The Morgan fingerprint density at radius 2 is 1.90 bits per heavy atom. The van der Waals surface area contributed by atoms with Crippen LogP contribution in [0.3, 0.4) is 0 Å². The van der Waals surface area contributed by atoms with Gasteiger partial charge in [0.25, 0.3) is 0 Å². The second-order valence-corrected chi connectivity index (χ2v) is 7.26. The molecule has 0 unspecified atom stereocenters. The first-order valence-corrected chi connectivity index (χ1v) is 10.3. The van der Waals surface area contributed by atoms with Gasteiger partial charge in [0.05, 0.1) is 6.61 Å². The van der Waals surface area contributed by atoms with Gasteiger partial charge >= 0.3 is 0 Å². The van der Waals surface area contributed by atoms with E-state index >= 15 is 0 Å². The van der Waals surface area contributed by atoms with E-state index in [9.17, 15) is 0 Å². The van der Waals surface area contributed by atoms with Crippen molar-refractivity contribution in [2.45, 2.75) is 33.5 Å². The number of nitrogens with one attached hydrogen (secondary N) is 1. The average Bonchev–Trinajstić information content (AvgIpc) is 3.15. The Labute approximate surface area is 179 Å². The molecule has 0 fully saturated rings. The third kappa shape index (κ3) is 5.86. The van der Waals surface area contributed by atoms with E-state index in [4.69, 9.17) is 4.74 Å². The second kappa shape index (κ2) is 10.5. The number of imidazole rings is 1. The molecule has 0 atom stereocenters. The Morgan fingerprint density at radius 1 is 1.13 bits per heavy atom. The molecule has 0 saturated heterocycles. The molecule has 3 rings (SSSR count). The van der Waals surface area contributed by atoms with Crippen LogP contribution in [0.25, 0.3) is 0 Å². The van der Waals surface area contributed by atoms with Gasteiger partial charge in [-0.1, -0.05) is 36.4 Å². The van der Waals surface area contributed by atoms with Crippen molar-refractivity contribution in [2.24, 2.45) is 4.99 Å². The highest BCUT2D eigenvalue weighted by Gasteiger charge is 2.08. The van der Waals surface area contributed by atoms with Crippen LogP contribution >= 0.6 is 0 Å². The summed E-state index contributed by atoms with van der Waals surface area (Å²) in [5.74, 6) is 2.78. The Bertz CT molecular complexity index is 962. The fourth-order valence-corrected chi connectivity index (χ4v) is 3.38. The first kappa shape index (κ1) is 21.4. The first-order chi connectivity index (χ1) is 14.6. The van der Waals surface area contributed by atoms with Crippen molar-refractivity contribution in [3.63, 3.8) is 0 Å². The largest absolute Gasteiger partial charge is 0.494 e. The average molecular weight is 406 g/mol. The van der Waals surface area contributed by atoms with Gasteiger partial charge in [-0.25, -0.2) is 4.98 Å². The lowest BCUT2D eigenvalue weighted by atomic mass is 10.1. The number of rotatable bonds is 8. The molecule has 30 heavy (non-hydrogen) atoms. The summed E-state index contributed by atoms with van der Waals surface area (Å²) in [6, 6.07) is 16.8. The zero-order chi connectivity index (χ0) is 21.3. The number of ether oxygens (including phenoxy) is 1.